The summed E-state index contributed by atoms with van der Waals surface area (Å²) in [4.78, 5) is 28.0. The Hall–Kier alpha value is -3.53. The highest BCUT2D eigenvalue weighted by molar-refractivity contribution is 8.04. The molecule has 0 bridgehead atoms. The van der Waals surface area contributed by atoms with Crippen molar-refractivity contribution in [1.82, 2.24) is 15.2 Å². The number of carboxylic acid groups (broad SMARTS) is 1. The van der Waals surface area contributed by atoms with E-state index in [0.29, 0.717) is 27.9 Å². The van der Waals surface area contributed by atoms with Crippen LogP contribution in [0.2, 0.25) is 10.0 Å². The molecule has 2 aromatic heterocycles. The SMILES string of the molecule is COC(=O)c1cc(-c2ccc(/C=C(\Sc3n[nH]c(-c4ccc(Cl)cc4)n3)C(=O)O)o2)ccc1Cl. The summed E-state index contributed by atoms with van der Waals surface area (Å²) >= 11 is 12.8. The van der Waals surface area contributed by atoms with Gasteiger partial charge in [-0.2, -0.15) is 0 Å². The van der Waals surface area contributed by atoms with Crippen LogP contribution < -0.4 is 0 Å². The first-order valence-electron chi connectivity index (χ1n) is 9.63. The van der Waals surface area contributed by atoms with Gasteiger partial charge in [0.05, 0.1) is 17.7 Å². The van der Waals surface area contributed by atoms with Crippen LogP contribution in [-0.2, 0) is 9.53 Å². The van der Waals surface area contributed by atoms with Gasteiger partial charge in [0.1, 0.15) is 16.4 Å². The molecule has 2 aromatic carbocycles. The van der Waals surface area contributed by atoms with E-state index < -0.39 is 11.9 Å². The molecule has 0 unspecified atom stereocenters. The summed E-state index contributed by atoms with van der Waals surface area (Å²) < 4.78 is 10.5. The second-order valence-corrected chi connectivity index (χ2v) is 8.63. The molecular weight excluding hydrogens is 501 g/mol. The van der Waals surface area contributed by atoms with Crippen LogP contribution in [0.3, 0.4) is 0 Å². The normalized spacial score (nSPS) is 11.4. The van der Waals surface area contributed by atoms with Crippen molar-refractivity contribution in [3.63, 3.8) is 0 Å². The van der Waals surface area contributed by atoms with E-state index >= 15 is 0 Å². The monoisotopic (exact) mass is 515 g/mol. The lowest BCUT2D eigenvalue weighted by Crippen LogP contribution is -2.02. The fraction of sp³-hybridized carbons (Fsp3) is 0.0435. The Morgan fingerprint density at radius 1 is 1.09 bits per heavy atom. The number of carbonyl (C=O) groups is 2. The lowest BCUT2D eigenvalue weighted by molar-refractivity contribution is -0.131. The number of esters is 1. The number of methoxy groups -OCH3 is 1. The number of aromatic nitrogens is 3. The predicted octanol–water partition coefficient (Wildman–Crippen LogP) is 6.04. The lowest BCUT2D eigenvalue weighted by Gasteiger charge is -2.04. The first kappa shape index (κ1) is 23.6. The van der Waals surface area contributed by atoms with Crippen molar-refractivity contribution in [3.8, 4) is 22.7 Å². The van der Waals surface area contributed by atoms with Gasteiger partial charge in [-0.1, -0.05) is 23.2 Å². The number of rotatable bonds is 7. The summed E-state index contributed by atoms with van der Waals surface area (Å²) in [5.41, 5.74) is 1.53. The van der Waals surface area contributed by atoms with Crippen LogP contribution in [0.1, 0.15) is 16.1 Å². The third-order valence-corrected chi connectivity index (χ3v) is 6.01. The Bertz CT molecular complexity index is 1400. The second kappa shape index (κ2) is 10.2. The van der Waals surface area contributed by atoms with Crippen molar-refractivity contribution in [2.24, 2.45) is 0 Å². The van der Waals surface area contributed by atoms with Crippen molar-refractivity contribution in [2.75, 3.05) is 7.11 Å². The number of carbonyl (C=O) groups excluding carboxylic acids is 1. The molecule has 4 aromatic rings. The highest BCUT2D eigenvalue weighted by Gasteiger charge is 2.17. The number of halogens is 2. The average molecular weight is 516 g/mol. The Labute approximate surface area is 207 Å². The largest absolute Gasteiger partial charge is 0.477 e. The summed E-state index contributed by atoms with van der Waals surface area (Å²) in [6.45, 7) is 0. The molecular formula is C23H15Cl2N3O5S. The van der Waals surface area contributed by atoms with E-state index in [9.17, 15) is 14.7 Å². The molecule has 172 valence electrons. The summed E-state index contributed by atoms with van der Waals surface area (Å²) in [5.74, 6) is -0.546. The Kier molecular flexibility index (Phi) is 7.06. The average Bonchev–Trinajstić information content (AvgIpc) is 3.49. The Morgan fingerprint density at radius 3 is 2.53 bits per heavy atom. The van der Waals surface area contributed by atoms with Gasteiger partial charge in [0, 0.05) is 22.2 Å². The quantitative estimate of drug-likeness (QED) is 0.173. The number of nitrogens with zero attached hydrogens (tertiary/aromatic N) is 2. The smallest absolute Gasteiger partial charge is 0.342 e. The molecule has 8 nitrogen and oxygen atoms in total. The Morgan fingerprint density at radius 2 is 1.82 bits per heavy atom. The highest BCUT2D eigenvalue weighted by atomic mass is 35.5. The molecule has 0 atom stereocenters. The maximum Gasteiger partial charge on any atom is 0.342 e. The molecule has 34 heavy (non-hydrogen) atoms. The zero-order chi connectivity index (χ0) is 24.2. The molecule has 4 rings (SSSR count). The van der Waals surface area contributed by atoms with E-state index in [2.05, 4.69) is 15.2 Å². The molecule has 2 heterocycles. The minimum absolute atomic E-state index is 0.0473. The van der Waals surface area contributed by atoms with Crippen LogP contribution in [0.4, 0.5) is 0 Å². The zero-order valence-corrected chi connectivity index (χ0v) is 19.7. The predicted molar refractivity (Wildman–Crippen MR) is 129 cm³/mol. The summed E-state index contributed by atoms with van der Waals surface area (Å²) in [5, 5.41) is 17.6. The molecule has 11 heteroatoms. The molecule has 0 radical (unpaired) electrons. The number of ether oxygens (including phenoxy) is 1. The summed E-state index contributed by atoms with van der Waals surface area (Å²) in [7, 11) is 1.26. The van der Waals surface area contributed by atoms with Gasteiger partial charge in [-0.25, -0.2) is 14.6 Å². The first-order valence-corrected chi connectivity index (χ1v) is 11.2. The van der Waals surface area contributed by atoms with E-state index in [-0.39, 0.29) is 20.6 Å². The van der Waals surface area contributed by atoms with E-state index in [1.165, 1.54) is 13.2 Å². The third-order valence-electron chi connectivity index (χ3n) is 4.55. The van der Waals surface area contributed by atoms with Crippen LogP contribution in [0.5, 0.6) is 0 Å². The van der Waals surface area contributed by atoms with Crippen LogP contribution in [-0.4, -0.2) is 39.3 Å². The van der Waals surface area contributed by atoms with Crippen molar-refractivity contribution in [3.05, 3.63) is 80.9 Å². The number of thioether (sulfide) groups is 1. The van der Waals surface area contributed by atoms with E-state index in [0.717, 1.165) is 17.3 Å². The van der Waals surface area contributed by atoms with Gasteiger partial charge in [0.15, 0.2) is 5.82 Å². The van der Waals surface area contributed by atoms with Gasteiger partial charge in [-0.05, 0) is 66.4 Å². The van der Waals surface area contributed by atoms with E-state index in [1.807, 2.05) is 0 Å². The summed E-state index contributed by atoms with van der Waals surface area (Å²) in [6.07, 6.45) is 1.37. The molecule has 0 fully saturated rings. The number of benzene rings is 2. The van der Waals surface area contributed by atoms with Gasteiger partial charge in [-0.3, -0.25) is 5.10 Å². The Balaban J connectivity index is 1.56. The number of aromatic amines is 1. The number of hydrogen-bond acceptors (Lipinski definition) is 7. The topological polar surface area (TPSA) is 118 Å². The lowest BCUT2D eigenvalue weighted by atomic mass is 10.1. The van der Waals surface area contributed by atoms with Gasteiger partial charge >= 0.3 is 11.9 Å². The molecule has 2 N–H and O–H groups in total. The fourth-order valence-electron chi connectivity index (χ4n) is 2.92. The van der Waals surface area contributed by atoms with E-state index in [4.69, 9.17) is 32.4 Å². The fourth-order valence-corrected chi connectivity index (χ4v) is 3.93. The molecule has 0 aliphatic carbocycles. The van der Waals surface area contributed by atoms with Crippen LogP contribution in [0, 0.1) is 0 Å². The van der Waals surface area contributed by atoms with Crippen molar-refractivity contribution >= 4 is 53.0 Å². The van der Waals surface area contributed by atoms with E-state index in [1.54, 1.807) is 54.6 Å². The number of furan rings is 1. The maximum atomic E-state index is 11.9. The third kappa shape index (κ3) is 5.33. The molecule has 0 aliphatic rings. The number of hydrogen-bond donors (Lipinski definition) is 2. The highest BCUT2D eigenvalue weighted by Crippen LogP contribution is 2.31. The van der Waals surface area contributed by atoms with Crippen LogP contribution in [0.15, 0.2) is 69.1 Å². The molecule has 0 saturated carbocycles. The first-order chi connectivity index (χ1) is 16.3. The number of aliphatic carboxylic acids is 1. The van der Waals surface area contributed by atoms with Gasteiger partial charge < -0.3 is 14.3 Å². The molecule has 0 amide bonds. The molecule has 0 spiro atoms. The van der Waals surface area contributed by atoms with Crippen molar-refractivity contribution < 1.29 is 23.8 Å². The van der Waals surface area contributed by atoms with Crippen molar-refractivity contribution in [2.45, 2.75) is 5.16 Å². The van der Waals surface area contributed by atoms with Crippen LogP contribution in [0.25, 0.3) is 28.8 Å². The molecule has 0 aliphatic heterocycles. The number of nitrogens with one attached hydrogen (secondary N) is 1. The van der Waals surface area contributed by atoms with Crippen LogP contribution >= 0.6 is 35.0 Å². The maximum absolute atomic E-state index is 11.9. The second-order valence-electron chi connectivity index (χ2n) is 6.78. The standard InChI is InChI=1S/C23H15Cl2N3O5S/c1-32-22(31)16-10-13(4-8-17(16)25)18-9-7-15(33-18)11-19(21(29)30)34-23-26-20(27-28-23)12-2-5-14(24)6-3-12/h2-11H,1H3,(H,29,30)(H,26,27,28)/b19-11-. The number of H-pyrrole nitrogens is 1. The van der Waals surface area contributed by atoms with Crippen molar-refractivity contribution in [1.29, 1.82) is 0 Å². The number of carboxylic acids is 1. The summed E-state index contributed by atoms with van der Waals surface area (Å²) in [6, 6.07) is 15.0. The minimum Gasteiger partial charge on any atom is -0.477 e. The zero-order valence-electron chi connectivity index (χ0n) is 17.4. The van der Waals surface area contributed by atoms with Gasteiger partial charge in [-0.15, -0.1) is 5.10 Å². The van der Waals surface area contributed by atoms with Gasteiger partial charge in [0.25, 0.3) is 0 Å². The minimum atomic E-state index is -1.17. The molecule has 0 saturated heterocycles. The van der Waals surface area contributed by atoms with Gasteiger partial charge in [0.2, 0.25) is 5.16 Å².